The lowest BCUT2D eigenvalue weighted by Gasteiger charge is -2.10. The number of aromatic nitrogens is 1. The van der Waals surface area contributed by atoms with E-state index in [0.29, 0.717) is 6.07 Å². The van der Waals surface area contributed by atoms with Crippen molar-refractivity contribution < 1.29 is 22.0 Å². The van der Waals surface area contributed by atoms with Crippen LogP contribution in [0.1, 0.15) is 0 Å². The molecular formula is C14H13F2N3O3S2. The van der Waals surface area contributed by atoms with Crippen LogP contribution in [-0.4, -0.2) is 43.0 Å². The molecule has 0 atom stereocenters. The molecule has 0 bridgehead atoms. The minimum atomic E-state index is -3.54. The number of hydrogen-bond donors (Lipinski definition) is 0. The van der Waals surface area contributed by atoms with Crippen LogP contribution in [0.4, 0.5) is 8.78 Å². The average Bonchev–Trinajstić information content (AvgIpc) is 2.75. The Morgan fingerprint density at radius 3 is 2.71 bits per heavy atom. The van der Waals surface area contributed by atoms with E-state index in [2.05, 4.69) is 10.9 Å². The van der Waals surface area contributed by atoms with Crippen molar-refractivity contribution in [3.05, 3.63) is 28.6 Å². The van der Waals surface area contributed by atoms with E-state index in [0.717, 1.165) is 28.0 Å². The van der Waals surface area contributed by atoms with Gasteiger partial charge in [-0.1, -0.05) is 17.3 Å². The molecule has 0 saturated carbocycles. The Bertz CT molecular complexity index is 1020. The second kappa shape index (κ2) is 6.80. The monoisotopic (exact) mass is 373 g/mol. The summed E-state index contributed by atoms with van der Waals surface area (Å²) in [6.45, 7) is -0.545. The molecule has 0 saturated heterocycles. The predicted molar refractivity (Wildman–Crippen MR) is 86.6 cm³/mol. The number of nitrogens with zero attached hydrogens (tertiary/aromatic N) is 3. The summed E-state index contributed by atoms with van der Waals surface area (Å²) >= 11 is 0.887. The zero-order valence-electron chi connectivity index (χ0n) is 12.8. The van der Waals surface area contributed by atoms with Crippen molar-refractivity contribution in [1.29, 1.82) is 0 Å². The first-order valence-corrected chi connectivity index (χ1v) is 9.20. The smallest absolute Gasteiger partial charge is 0.263 e. The summed E-state index contributed by atoms with van der Waals surface area (Å²) in [6, 6.07) is 1.83. The van der Waals surface area contributed by atoms with Gasteiger partial charge in [0.05, 0.1) is 29.6 Å². The fourth-order valence-corrected chi connectivity index (χ4v) is 3.33. The molecule has 1 aromatic carbocycles. The van der Waals surface area contributed by atoms with Crippen LogP contribution < -0.4 is 4.80 Å². The van der Waals surface area contributed by atoms with E-state index in [9.17, 15) is 22.0 Å². The Morgan fingerprint density at radius 2 is 2.12 bits per heavy atom. The summed E-state index contributed by atoms with van der Waals surface area (Å²) in [5.74, 6) is -0.0156. The van der Waals surface area contributed by atoms with Crippen LogP contribution in [0.5, 0.6) is 0 Å². The molecule has 128 valence electrons. The highest BCUT2D eigenvalue weighted by molar-refractivity contribution is 7.88. The highest BCUT2D eigenvalue weighted by Gasteiger charge is 2.16. The summed E-state index contributed by atoms with van der Waals surface area (Å²) < 4.78 is 52.3. The van der Waals surface area contributed by atoms with Gasteiger partial charge in [-0.25, -0.2) is 17.2 Å². The zero-order valence-corrected chi connectivity index (χ0v) is 14.4. The van der Waals surface area contributed by atoms with E-state index >= 15 is 0 Å². The largest absolute Gasteiger partial charge is 0.302 e. The van der Waals surface area contributed by atoms with Gasteiger partial charge in [0.2, 0.25) is 10.0 Å². The number of rotatable bonds is 4. The molecule has 0 aliphatic heterocycles. The number of sulfonamides is 1. The van der Waals surface area contributed by atoms with Crippen molar-refractivity contribution in [2.75, 3.05) is 19.8 Å². The maximum absolute atomic E-state index is 14.0. The van der Waals surface area contributed by atoms with Crippen LogP contribution in [0.15, 0.2) is 17.1 Å². The summed E-state index contributed by atoms with van der Waals surface area (Å²) in [6.07, 6.45) is 6.21. The molecule has 1 aromatic heterocycles. The Kier molecular flexibility index (Phi) is 5.17. The number of benzene rings is 1. The molecule has 6 nitrogen and oxygen atoms in total. The van der Waals surface area contributed by atoms with Crippen molar-refractivity contribution in [2.45, 2.75) is 6.54 Å². The van der Waals surface area contributed by atoms with E-state index in [4.69, 9.17) is 6.42 Å². The third kappa shape index (κ3) is 3.87. The second-order valence-corrected chi connectivity index (χ2v) is 8.03. The lowest BCUT2D eigenvalue weighted by Crippen LogP contribution is -2.31. The Hall–Kier alpha value is -2.09. The number of carbonyl (C=O) groups is 1. The van der Waals surface area contributed by atoms with Crippen LogP contribution in [-0.2, 0) is 21.4 Å². The van der Waals surface area contributed by atoms with Crippen molar-refractivity contribution in [2.24, 2.45) is 4.99 Å². The number of carbonyl (C=O) groups excluding carboxylic acids is 1. The number of likely N-dealkylation sites (N-methyl/N-ethyl adjacent to an activating group) is 1. The minimum Gasteiger partial charge on any atom is -0.302 e. The molecular weight excluding hydrogens is 360 g/mol. The van der Waals surface area contributed by atoms with Crippen molar-refractivity contribution in [3.63, 3.8) is 0 Å². The van der Waals surface area contributed by atoms with Gasteiger partial charge in [-0.05, 0) is 6.07 Å². The molecule has 10 heteroatoms. The predicted octanol–water partition coefficient (Wildman–Crippen LogP) is 0.933. The van der Waals surface area contributed by atoms with Gasteiger partial charge >= 0.3 is 0 Å². The third-order valence-electron chi connectivity index (χ3n) is 3.09. The highest BCUT2D eigenvalue weighted by atomic mass is 32.2. The quantitative estimate of drug-likeness (QED) is 0.749. The lowest BCUT2D eigenvalue weighted by atomic mass is 10.3. The van der Waals surface area contributed by atoms with Crippen LogP contribution >= 0.6 is 11.3 Å². The lowest BCUT2D eigenvalue weighted by molar-refractivity contribution is -0.118. The number of fused-ring (bicyclic) bond motifs is 1. The number of terminal acetylenes is 1. The van der Waals surface area contributed by atoms with Crippen molar-refractivity contribution in [3.8, 4) is 12.3 Å². The van der Waals surface area contributed by atoms with Crippen LogP contribution in [0.2, 0.25) is 0 Å². The molecule has 0 N–H and O–H groups in total. The first-order valence-electron chi connectivity index (χ1n) is 6.54. The van der Waals surface area contributed by atoms with E-state index in [-0.39, 0.29) is 21.6 Å². The first kappa shape index (κ1) is 18.3. The van der Waals surface area contributed by atoms with Crippen LogP contribution in [0.3, 0.4) is 0 Å². The maximum Gasteiger partial charge on any atom is 0.263 e. The normalized spacial score (nSPS) is 12.8. The van der Waals surface area contributed by atoms with E-state index in [1.807, 2.05) is 0 Å². The number of hydrogen-bond acceptors (Lipinski definition) is 4. The number of halogens is 2. The standard InChI is InChI=1S/C14H13F2N3O3S2/c1-4-5-19-13-10(16)6-9(15)7-11(13)23-14(19)17-12(20)8-18(2)24(3,21)22/h1,6-7H,5,8H2,2-3H3. The molecule has 24 heavy (non-hydrogen) atoms. The molecule has 0 spiro atoms. The van der Waals surface area contributed by atoms with Crippen LogP contribution in [0, 0.1) is 24.0 Å². The average molecular weight is 373 g/mol. The van der Waals surface area contributed by atoms with Gasteiger partial charge in [0.25, 0.3) is 5.91 Å². The maximum atomic E-state index is 14.0. The number of thiazole rings is 1. The van der Waals surface area contributed by atoms with Gasteiger partial charge in [0, 0.05) is 13.1 Å². The SMILES string of the molecule is C#CCn1c(=NC(=O)CN(C)S(C)(=O)=O)sc2cc(F)cc(F)c21. The topological polar surface area (TPSA) is 71.7 Å². The summed E-state index contributed by atoms with van der Waals surface area (Å²) in [5, 5.41) is 0. The molecule has 0 radical (unpaired) electrons. The van der Waals surface area contributed by atoms with E-state index in [1.165, 1.54) is 11.6 Å². The molecule has 0 fully saturated rings. The van der Waals surface area contributed by atoms with Gasteiger partial charge in [-0.15, -0.1) is 6.42 Å². The summed E-state index contributed by atoms with van der Waals surface area (Å²) in [7, 11) is -2.31. The van der Waals surface area contributed by atoms with Crippen LogP contribution in [0.25, 0.3) is 10.2 Å². The van der Waals surface area contributed by atoms with Gasteiger partial charge in [-0.3, -0.25) is 4.79 Å². The van der Waals surface area contributed by atoms with Gasteiger partial charge in [0.15, 0.2) is 10.6 Å². The fraction of sp³-hybridized carbons (Fsp3) is 0.286. The van der Waals surface area contributed by atoms with Gasteiger partial charge in [0.1, 0.15) is 5.82 Å². The molecule has 0 aliphatic carbocycles. The van der Waals surface area contributed by atoms with Crippen molar-refractivity contribution in [1.82, 2.24) is 8.87 Å². The summed E-state index contributed by atoms with van der Waals surface area (Å²) in [4.78, 5) is 15.8. The van der Waals surface area contributed by atoms with Gasteiger partial charge < -0.3 is 4.57 Å². The molecule has 1 heterocycles. The molecule has 0 aliphatic rings. The molecule has 1 amide bonds. The Balaban J connectivity index is 2.55. The molecule has 2 aromatic rings. The Morgan fingerprint density at radius 1 is 1.46 bits per heavy atom. The molecule has 0 unspecified atom stereocenters. The Labute approximate surface area is 141 Å². The minimum absolute atomic E-state index is 0.0439. The summed E-state index contributed by atoms with van der Waals surface area (Å²) in [5.41, 5.74) is 0.0439. The zero-order chi connectivity index (χ0) is 18.1. The highest BCUT2D eigenvalue weighted by Crippen LogP contribution is 2.22. The van der Waals surface area contributed by atoms with E-state index < -0.39 is 34.1 Å². The third-order valence-corrected chi connectivity index (χ3v) is 5.38. The first-order chi connectivity index (χ1) is 11.1. The second-order valence-electron chi connectivity index (χ2n) is 4.93. The molecule has 2 rings (SSSR count). The van der Waals surface area contributed by atoms with E-state index in [1.54, 1.807) is 0 Å². The van der Waals surface area contributed by atoms with Gasteiger partial charge in [-0.2, -0.15) is 9.30 Å². The number of amides is 1. The fourth-order valence-electron chi connectivity index (χ4n) is 1.90. The van der Waals surface area contributed by atoms with Crippen molar-refractivity contribution >= 4 is 37.5 Å².